The fourth-order valence-corrected chi connectivity index (χ4v) is 3.98. The molecule has 2 heterocycles. The Labute approximate surface area is 172 Å². The van der Waals surface area contributed by atoms with E-state index in [9.17, 15) is 0 Å². The average molecular weight is 395 g/mol. The van der Waals surface area contributed by atoms with Gasteiger partial charge in [0.05, 0.1) is 17.2 Å². The minimum absolute atomic E-state index is 0.157. The number of aryl methyl sites for hydroxylation is 1. The van der Waals surface area contributed by atoms with E-state index in [1.807, 2.05) is 19.1 Å². The van der Waals surface area contributed by atoms with E-state index in [0.29, 0.717) is 5.92 Å². The van der Waals surface area contributed by atoms with Crippen LogP contribution >= 0.6 is 11.3 Å². The van der Waals surface area contributed by atoms with E-state index in [0.717, 1.165) is 40.2 Å². The van der Waals surface area contributed by atoms with Crippen molar-refractivity contribution in [3.05, 3.63) is 58.1 Å². The monoisotopic (exact) mass is 394 g/mol. The lowest BCUT2D eigenvalue weighted by molar-refractivity contribution is 0.499. The molecule has 1 aromatic carbocycles. The van der Waals surface area contributed by atoms with Gasteiger partial charge in [-0.2, -0.15) is 0 Å². The lowest BCUT2D eigenvalue weighted by Crippen LogP contribution is -2.11. The van der Waals surface area contributed by atoms with Gasteiger partial charge in [-0.15, -0.1) is 11.3 Å². The van der Waals surface area contributed by atoms with Crippen LogP contribution in [0.25, 0.3) is 5.70 Å². The molecule has 2 N–H and O–H groups in total. The first kappa shape index (κ1) is 20.3. The lowest BCUT2D eigenvalue weighted by atomic mass is 9.87. The standard InChI is InChI=1S/C23H30N4S/c1-14(2)22-21(26-16(4)28-22)15(3)25-18-8-10-19(11-9-18)27-20-12-17(13-24-20)23(5,6)7/h8-12,14,25H,3,13H2,1-2,4-7H3,(H,24,27). The summed E-state index contributed by atoms with van der Waals surface area (Å²) in [6.07, 6.45) is 2.16. The molecule has 1 aromatic heterocycles. The minimum atomic E-state index is 0.157. The zero-order valence-electron chi connectivity index (χ0n) is 17.7. The van der Waals surface area contributed by atoms with Gasteiger partial charge in [0.25, 0.3) is 0 Å². The Morgan fingerprint density at radius 3 is 2.36 bits per heavy atom. The van der Waals surface area contributed by atoms with E-state index in [2.05, 4.69) is 80.0 Å². The number of aliphatic imine (C=N–C) groups is 1. The van der Waals surface area contributed by atoms with Crippen molar-refractivity contribution in [2.24, 2.45) is 10.4 Å². The molecular weight excluding hydrogens is 364 g/mol. The molecule has 148 valence electrons. The molecular formula is C23H30N4S. The summed E-state index contributed by atoms with van der Waals surface area (Å²) in [4.78, 5) is 10.5. The summed E-state index contributed by atoms with van der Waals surface area (Å²) < 4.78 is 0. The van der Waals surface area contributed by atoms with Crippen molar-refractivity contribution in [1.29, 1.82) is 0 Å². The first-order valence-electron chi connectivity index (χ1n) is 9.69. The van der Waals surface area contributed by atoms with Crippen molar-refractivity contribution in [2.75, 3.05) is 17.2 Å². The summed E-state index contributed by atoms with van der Waals surface area (Å²) in [5, 5.41) is 7.86. The van der Waals surface area contributed by atoms with Gasteiger partial charge < -0.3 is 10.6 Å². The van der Waals surface area contributed by atoms with Crippen LogP contribution in [0, 0.1) is 12.3 Å². The molecule has 4 nitrogen and oxygen atoms in total. The normalized spacial score (nSPS) is 14.1. The number of thiazole rings is 1. The number of benzene rings is 1. The van der Waals surface area contributed by atoms with Crippen molar-refractivity contribution in [1.82, 2.24) is 4.98 Å². The molecule has 5 heteroatoms. The fourth-order valence-electron chi connectivity index (χ4n) is 3.02. The highest BCUT2D eigenvalue weighted by Crippen LogP contribution is 2.31. The highest BCUT2D eigenvalue weighted by Gasteiger charge is 2.21. The van der Waals surface area contributed by atoms with Crippen molar-refractivity contribution in [3.8, 4) is 0 Å². The highest BCUT2D eigenvalue weighted by atomic mass is 32.1. The minimum Gasteiger partial charge on any atom is -0.354 e. The van der Waals surface area contributed by atoms with Gasteiger partial charge in [-0.05, 0) is 54.2 Å². The van der Waals surface area contributed by atoms with Crippen molar-refractivity contribution in [2.45, 2.75) is 47.5 Å². The third kappa shape index (κ3) is 4.71. The fraction of sp³-hybridized carbons (Fsp3) is 0.391. The average Bonchev–Trinajstić information content (AvgIpc) is 3.23. The highest BCUT2D eigenvalue weighted by molar-refractivity contribution is 7.11. The molecule has 1 aliphatic rings. The summed E-state index contributed by atoms with van der Waals surface area (Å²) in [5.41, 5.74) is 5.34. The van der Waals surface area contributed by atoms with Gasteiger partial charge in [0.2, 0.25) is 0 Å². The van der Waals surface area contributed by atoms with Crippen molar-refractivity contribution in [3.63, 3.8) is 0 Å². The number of hydrogen-bond acceptors (Lipinski definition) is 5. The molecule has 0 amide bonds. The molecule has 0 saturated heterocycles. The first-order valence-corrected chi connectivity index (χ1v) is 10.5. The molecule has 0 bridgehead atoms. The van der Waals surface area contributed by atoms with Gasteiger partial charge in [-0.25, -0.2) is 4.98 Å². The van der Waals surface area contributed by atoms with E-state index in [1.165, 1.54) is 10.5 Å². The van der Waals surface area contributed by atoms with E-state index in [1.54, 1.807) is 11.3 Å². The van der Waals surface area contributed by atoms with E-state index >= 15 is 0 Å². The molecule has 1 aliphatic heterocycles. The van der Waals surface area contributed by atoms with Crippen LogP contribution in [-0.2, 0) is 0 Å². The first-order chi connectivity index (χ1) is 13.1. The predicted octanol–water partition coefficient (Wildman–Crippen LogP) is 6.45. The van der Waals surface area contributed by atoms with Gasteiger partial charge in [-0.1, -0.05) is 41.2 Å². The summed E-state index contributed by atoms with van der Waals surface area (Å²) in [5.74, 6) is 1.36. The quantitative estimate of drug-likeness (QED) is 0.612. The van der Waals surface area contributed by atoms with Crippen LogP contribution in [-0.4, -0.2) is 17.4 Å². The van der Waals surface area contributed by atoms with Gasteiger partial charge in [-0.3, -0.25) is 4.99 Å². The molecule has 0 fully saturated rings. The molecule has 28 heavy (non-hydrogen) atoms. The number of nitrogens with zero attached hydrogens (tertiary/aromatic N) is 2. The second kappa shape index (κ2) is 7.92. The lowest BCUT2D eigenvalue weighted by Gasteiger charge is -2.18. The Kier molecular flexibility index (Phi) is 5.75. The van der Waals surface area contributed by atoms with Gasteiger partial charge in [0, 0.05) is 16.3 Å². The molecule has 0 aliphatic carbocycles. The molecule has 0 spiro atoms. The summed E-state index contributed by atoms with van der Waals surface area (Å²) in [6, 6.07) is 8.20. The molecule has 0 saturated carbocycles. The summed E-state index contributed by atoms with van der Waals surface area (Å²) in [6.45, 7) is 18.1. The number of anilines is 2. The maximum Gasteiger partial charge on any atom is 0.125 e. The van der Waals surface area contributed by atoms with Crippen LogP contribution in [0.5, 0.6) is 0 Å². The number of nitrogens with one attached hydrogen (secondary N) is 2. The molecule has 0 radical (unpaired) electrons. The van der Waals surface area contributed by atoms with Gasteiger partial charge >= 0.3 is 0 Å². The number of amidine groups is 1. The Morgan fingerprint density at radius 2 is 1.79 bits per heavy atom. The zero-order chi connectivity index (χ0) is 20.5. The van der Waals surface area contributed by atoms with Crippen LogP contribution < -0.4 is 10.6 Å². The zero-order valence-corrected chi connectivity index (χ0v) is 18.5. The number of aromatic nitrogens is 1. The van der Waals surface area contributed by atoms with E-state index in [4.69, 9.17) is 0 Å². The van der Waals surface area contributed by atoms with Crippen LogP contribution in [0.4, 0.5) is 11.4 Å². The third-order valence-electron chi connectivity index (χ3n) is 4.72. The summed E-state index contributed by atoms with van der Waals surface area (Å²) in [7, 11) is 0. The van der Waals surface area contributed by atoms with E-state index in [-0.39, 0.29) is 5.41 Å². The largest absolute Gasteiger partial charge is 0.354 e. The second-order valence-corrected chi connectivity index (χ2v) is 9.76. The summed E-state index contributed by atoms with van der Waals surface area (Å²) >= 11 is 1.74. The molecule has 0 atom stereocenters. The molecule has 2 aromatic rings. The van der Waals surface area contributed by atoms with Crippen molar-refractivity contribution >= 4 is 34.2 Å². The smallest absolute Gasteiger partial charge is 0.125 e. The maximum absolute atomic E-state index is 4.66. The van der Waals surface area contributed by atoms with Gasteiger partial charge in [0.15, 0.2) is 0 Å². The Bertz CT molecular complexity index is 925. The second-order valence-electron chi connectivity index (χ2n) is 8.53. The maximum atomic E-state index is 4.66. The number of rotatable bonds is 5. The van der Waals surface area contributed by atoms with Gasteiger partial charge in [0.1, 0.15) is 11.5 Å². The van der Waals surface area contributed by atoms with E-state index < -0.39 is 0 Å². The Morgan fingerprint density at radius 1 is 1.14 bits per heavy atom. The van der Waals surface area contributed by atoms with Crippen LogP contribution in [0.2, 0.25) is 0 Å². The topological polar surface area (TPSA) is 49.3 Å². The molecule has 0 unspecified atom stereocenters. The van der Waals surface area contributed by atoms with Crippen LogP contribution in [0.3, 0.4) is 0 Å². The van der Waals surface area contributed by atoms with Crippen LogP contribution in [0.1, 0.15) is 56.1 Å². The Hall–Kier alpha value is -2.40. The third-order valence-corrected chi connectivity index (χ3v) is 5.99. The molecule has 3 rings (SSSR count). The van der Waals surface area contributed by atoms with Crippen molar-refractivity contribution < 1.29 is 0 Å². The SMILES string of the molecule is C=C(Nc1ccc(NC2=NCC(C(C)(C)C)=C2)cc1)c1nc(C)sc1C(C)C. The van der Waals surface area contributed by atoms with Crippen LogP contribution in [0.15, 0.2) is 47.5 Å². The predicted molar refractivity (Wildman–Crippen MR) is 124 cm³/mol. The Balaban J connectivity index is 1.66. The number of hydrogen-bond donors (Lipinski definition) is 2.